The van der Waals surface area contributed by atoms with Gasteiger partial charge in [-0.3, -0.25) is 0 Å². The van der Waals surface area contributed by atoms with Crippen molar-refractivity contribution >= 4 is 10.8 Å². The van der Waals surface area contributed by atoms with Gasteiger partial charge in [-0.1, -0.05) is 25.1 Å². The number of aryl methyl sites for hydroxylation is 1. The second-order valence-corrected chi connectivity index (χ2v) is 2.69. The van der Waals surface area contributed by atoms with Crippen LogP contribution in [0.4, 0.5) is 0 Å². The van der Waals surface area contributed by atoms with Gasteiger partial charge in [0, 0.05) is 0 Å². The Hall–Kier alpha value is -0.703. The Morgan fingerprint density at radius 2 is 1.83 bits per heavy atom. The predicted molar refractivity (Wildman–Crippen MR) is 47.5 cm³/mol. The maximum atomic E-state index is 3.17. The van der Waals surface area contributed by atoms with Crippen LogP contribution in [0.25, 0.3) is 10.8 Å². The maximum absolute atomic E-state index is 3.17. The van der Waals surface area contributed by atoms with E-state index < -0.39 is 0 Å². The molecule has 0 aliphatic rings. The van der Waals surface area contributed by atoms with Crippen LogP contribution in [0.3, 0.4) is 0 Å². The molecule has 54 valence electrons. The maximum Gasteiger partial charge on any atom is 1.00 e. The van der Waals surface area contributed by atoms with E-state index in [9.17, 15) is 0 Å². The topological polar surface area (TPSA) is 0 Å². The molecule has 0 heterocycles. The molecule has 0 bridgehead atoms. The molecule has 0 atom stereocenters. The first kappa shape index (κ1) is 9.39. The number of hydrogen-bond donors (Lipinski definition) is 0. The van der Waals surface area contributed by atoms with E-state index in [2.05, 4.69) is 43.3 Å². The number of hydrogen-bond acceptors (Lipinski definition) is 0. The Labute approximate surface area is 84.8 Å². The van der Waals surface area contributed by atoms with Gasteiger partial charge in [0.1, 0.15) is 0 Å². The van der Waals surface area contributed by atoms with Gasteiger partial charge in [0.2, 0.25) is 0 Å². The van der Waals surface area contributed by atoms with Gasteiger partial charge in [0.05, 0.1) is 0 Å². The van der Waals surface area contributed by atoms with E-state index in [-0.39, 0.29) is 18.9 Å². The summed E-state index contributed by atoms with van der Waals surface area (Å²) < 4.78 is 0. The molecule has 0 spiro atoms. The molecule has 0 aliphatic heterocycles. The van der Waals surface area contributed by atoms with Crippen molar-refractivity contribution in [2.75, 3.05) is 0 Å². The summed E-state index contributed by atoms with van der Waals surface area (Å²) in [6.45, 7) is 2.09. The van der Waals surface area contributed by atoms with Gasteiger partial charge in [-0.25, -0.2) is 0 Å². The Bertz CT molecular complexity index is 374. The molecule has 0 saturated carbocycles. The summed E-state index contributed by atoms with van der Waals surface area (Å²) in [7, 11) is 0. The Kier molecular flexibility index (Phi) is 2.98. The Morgan fingerprint density at radius 3 is 2.58 bits per heavy atom. The van der Waals surface area contributed by atoms with E-state index in [0.29, 0.717) is 0 Å². The second kappa shape index (κ2) is 3.80. The van der Waals surface area contributed by atoms with Crippen LogP contribution in [0, 0.1) is 13.0 Å². The third-order valence-corrected chi connectivity index (χ3v) is 1.93. The molecule has 0 fully saturated rings. The van der Waals surface area contributed by atoms with Crippen molar-refractivity contribution in [1.82, 2.24) is 0 Å². The molecule has 0 radical (unpaired) electrons. The molecular weight excluding hydrogens is 139 g/mol. The first-order valence-electron chi connectivity index (χ1n) is 3.74. The summed E-state index contributed by atoms with van der Waals surface area (Å²) in [4.78, 5) is 0. The minimum absolute atomic E-state index is 0. The van der Waals surface area contributed by atoms with Crippen LogP contribution in [0.15, 0.2) is 36.4 Å². The van der Waals surface area contributed by atoms with Crippen LogP contribution in [0.5, 0.6) is 0 Å². The SMILES string of the molecule is Cc1[c-]ccc2ccccc12.[Li+]. The zero-order chi connectivity index (χ0) is 7.68. The predicted octanol–water partition coefficient (Wildman–Crippen LogP) is -0.0476. The van der Waals surface area contributed by atoms with E-state index >= 15 is 0 Å². The van der Waals surface area contributed by atoms with Crippen LogP contribution >= 0.6 is 0 Å². The Morgan fingerprint density at radius 1 is 1.08 bits per heavy atom. The first-order chi connectivity index (χ1) is 5.38. The quantitative estimate of drug-likeness (QED) is 0.363. The largest absolute Gasteiger partial charge is 1.00 e. The molecular formula is C11H9Li. The van der Waals surface area contributed by atoms with Crippen molar-refractivity contribution in [3.05, 3.63) is 48.0 Å². The van der Waals surface area contributed by atoms with Crippen LogP contribution < -0.4 is 18.9 Å². The summed E-state index contributed by atoms with van der Waals surface area (Å²) in [6.07, 6.45) is 0. The molecule has 0 saturated heterocycles. The van der Waals surface area contributed by atoms with Crippen molar-refractivity contribution in [3.63, 3.8) is 0 Å². The van der Waals surface area contributed by atoms with E-state index in [0.717, 1.165) is 0 Å². The number of rotatable bonds is 0. The first-order valence-corrected chi connectivity index (χ1v) is 3.74. The van der Waals surface area contributed by atoms with Gasteiger partial charge >= 0.3 is 18.9 Å². The van der Waals surface area contributed by atoms with Gasteiger partial charge in [0.25, 0.3) is 0 Å². The minimum Gasteiger partial charge on any atom is -0.180 e. The number of benzene rings is 2. The fraction of sp³-hybridized carbons (Fsp3) is 0.0909. The molecule has 0 unspecified atom stereocenters. The third kappa shape index (κ3) is 1.55. The average Bonchev–Trinajstić information content (AvgIpc) is 2.06. The summed E-state index contributed by atoms with van der Waals surface area (Å²) in [6, 6.07) is 15.6. The average molecular weight is 148 g/mol. The monoisotopic (exact) mass is 148 g/mol. The fourth-order valence-corrected chi connectivity index (χ4v) is 1.32. The third-order valence-electron chi connectivity index (χ3n) is 1.93. The van der Waals surface area contributed by atoms with E-state index in [1.54, 1.807) is 0 Å². The van der Waals surface area contributed by atoms with Crippen LogP contribution in [0.2, 0.25) is 0 Å². The smallest absolute Gasteiger partial charge is 0.180 e. The van der Waals surface area contributed by atoms with Crippen molar-refractivity contribution in [1.29, 1.82) is 0 Å². The summed E-state index contributed by atoms with van der Waals surface area (Å²) in [5.41, 5.74) is 1.23. The van der Waals surface area contributed by atoms with Gasteiger partial charge in [-0.2, -0.15) is 23.8 Å². The second-order valence-electron chi connectivity index (χ2n) is 2.69. The van der Waals surface area contributed by atoms with Gasteiger partial charge < -0.3 is 0 Å². The fourth-order valence-electron chi connectivity index (χ4n) is 1.32. The molecule has 0 N–H and O–H groups in total. The van der Waals surface area contributed by atoms with Crippen LogP contribution in [0.1, 0.15) is 5.56 Å². The van der Waals surface area contributed by atoms with Gasteiger partial charge in [-0.05, 0) is 0 Å². The standard InChI is InChI=1S/C11H9.Li/c1-9-5-4-7-10-6-2-3-8-11(9)10;/h2-4,6-8H,1H3;/q-1;+1. The van der Waals surface area contributed by atoms with E-state index in [1.165, 1.54) is 16.3 Å². The van der Waals surface area contributed by atoms with Crippen LogP contribution in [-0.4, -0.2) is 0 Å². The molecule has 0 nitrogen and oxygen atoms in total. The summed E-state index contributed by atoms with van der Waals surface area (Å²) in [5.74, 6) is 0. The zero-order valence-electron chi connectivity index (χ0n) is 7.46. The zero-order valence-corrected chi connectivity index (χ0v) is 7.46. The van der Waals surface area contributed by atoms with Gasteiger partial charge in [-0.15, -0.1) is 16.8 Å². The summed E-state index contributed by atoms with van der Waals surface area (Å²) in [5, 5.41) is 2.60. The van der Waals surface area contributed by atoms with Crippen molar-refractivity contribution in [3.8, 4) is 0 Å². The van der Waals surface area contributed by atoms with Crippen molar-refractivity contribution in [2.24, 2.45) is 0 Å². The van der Waals surface area contributed by atoms with Crippen molar-refractivity contribution < 1.29 is 18.9 Å². The molecule has 0 aromatic heterocycles. The molecule has 2 rings (SSSR count). The molecule has 12 heavy (non-hydrogen) atoms. The summed E-state index contributed by atoms with van der Waals surface area (Å²) >= 11 is 0. The number of fused-ring (bicyclic) bond motifs is 1. The van der Waals surface area contributed by atoms with Crippen LogP contribution in [-0.2, 0) is 0 Å². The molecule has 1 heteroatoms. The molecule has 2 aromatic carbocycles. The van der Waals surface area contributed by atoms with E-state index in [1.807, 2.05) is 6.07 Å². The Balaban J connectivity index is 0.000000720. The minimum atomic E-state index is 0. The van der Waals surface area contributed by atoms with E-state index in [4.69, 9.17) is 0 Å². The molecule has 0 aliphatic carbocycles. The molecule has 2 aromatic rings. The van der Waals surface area contributed by atoms with Crippen molar-refractivity contribution in [2.45, 2.75) is 6.92 Å². The molecule has 0 amide bonds. The normalized spacial score (nSPS) is 9.42. The van der Waals surface area contributed by atoms with Gasteiger partial charge in [0.15, 0.2) is 0 Å².